The molecule has 0 atom stereocenters. The minimum absolute atomic E-state index is 0.145. The number of benzene rings is 2. The van der Waals surface area contributed by atoms with Gasteiger partial charge in [-0.05, 0) is 80.5 Å². The highest BCUT2D eigenvalue weighted by Gasteiger charge is 2.54. The van der Waals surface area contributed by atoms with E-state index in [1.165, 1.54) is 31.0 Å². The van der Waals surface area contributed by atoms with E-state index in [0.29, 0.717) is 38.3 Å². The number of aromatic nitrogens is 2. The first-order chi connectivity index (χ1) is 15.5. The molecule has 0 N–H and O–H groups in total. The van der Waals surface area contributed by atoms with E-state index < -0.39 is 0 Å². The van der Waals surface area contributed by atoms with E-state index in [1.54, 1.807) is 16.7 Å². The van der Waals surface area contributed by atoms with Crippen molar-refractivity contribution in [3.63, 3.8) is 0 Å². The Bertz CT molecular complexity index is 1250. The second-order valence-electron chi connectivity index (χ2n) is 9.91. The number of rotatable bonds is 5. The normalized spacial score (nSPS) is 28.3. The minimum Gasteiger partial charge on any atom is -0.298 e. The molecule has 0 aliphatic heterocycles. The lowest BCUT2D eigenvalue weighted by Crippen LogP contribution is -2.50. The number of hydrogen-bond donors (Lipinski definition) is 0. The van der Waals surface area contributed by atoms with Crippen LogP contribution in [0.15, 0.2) is 58.5 Å². The Morgan fingerprint density at radius 2 is 1.62 bits per heavy atom. The molecule has 2 aromatic carbocycles. The molecule has 7 rings (SSSR count). The first-order valence-corrected chi connectivity index (χ1v) is 12.8. The molecule has 4 saturated carbocycles. The molecule has 4 nitrogen and oxygen atoms in total. The number of halogens is 1. The van der Waals surface area contributed by atoms with Crippen molar-refractivity contribution in [1.29, 1.82) is 0 Å². The second kappa shape index (κ2) is 7.74. The van der Waals surface area contributed by atoms with Crippen molar-refractivity contribution >= 4 is 40.0 Å². The molecule has 164 valence electrons. The third-order valence-electron chi connectivity index (χ3n) is 7.80. The maximum Gasteiger partial charge on any atom is 0.266 e. The van der Waals surface area contributed by atoms with Crippen molar-refractivity contribution in [2.45, 2.75) is 43.7 Å². The number of Topliss-reactive ketones (excluding diaryl/α,β-unsaturated/α-hetero) is 1. The number of ketones is 1. The molecule has 0 amide bonds. The Labute approximate surface area is 196 Å². The van der Waals surface area contributed by atoms with E-state index >= 15 is 0 Å². The van der Waals surface area contributed by atoms with Gasteiger partial charge in [0.1, 0.15) is 5.78 Å². The van der Waals surface area contributed by atoms with Gasteiger partial charge in [0.05, 0.1) is 27.4 Å². The molecule has 4 aliphatic rings. The van der Waals surface area contributed by atoms with Gasteiger partial charge in [-0.3, -0.25) is 14.2 Å². The summed E-state index contributed by atoms with van der Waals surface area (Å²) in [5.41, 5.74) is 0.940. The summed E-state index contributed by atoms with van der Waals surface area (Å²) in [5, 5.41) is 1.56. The van der Waals surface area contributed by atoms with Crippen molar-refractivity contribution < 1.29 is 4.79 Å². The fourth-order valence-electron chi connectivity index (χ4n) is 6.79. The van der Waals surface area contributed by atoms with Gasteiger partial charge in [-0.25, -0.2) is 4.98 Å². The van der Waals surface area contributed by atoms with Gasteiger partial charge in [-0.15, -0.1) is 0 Å². The smallest absolute Gasteiger partial charge is 0.266 e. The van der Waals surface area contributed by atoms with Crippen molar-refractivity contribution in [2.24, 2.45) is 23.2 Å². The molecule has 1 aromatic heterocycles. The first-order valence-electron chi connectivity index (χ1n) is 11.5. The minimum atomic E-state index is -0.159. The molecule has 32 heavy (non-hydrogen) atoms. The predicted octanol–water partition coefficient (Wildman–Crippen LogP) is 5.92. The molecule has 4 fully saturated rings. The number of hydrogen-bond acceptors (Lipinski definition) is 4. The Morgan fingerprint density at radius 3 is 2.31 bits per heavy atom. The molecule has 4 aliphatic carbocycles. The zero-order valence-electron chi connectivity index (χ0n) is 17.8. The second-order valence-corrected chi connectivity index (χ2v) is 11.3. The molecule has 0 saturated heterocycles. The van der Waals surface area contributed by atoms with Crippen molar-refractivity contribution in [3.05, 3.63) is 63.9 Å². The van der Waals surface area contributed by atoms with Crippen LogP contribution in [0.3, 0.4) is 0 Å². The Morgan fingerprint density at radius 1 is 1.00 bits per heavy atom. The number of carbonyl (C=O) groups excluding carboxylic acids is 1. The highest BCUT2D eigenvalue weighted by atomic mass is 35.5. The van der Waals surface area contributed by atoms with Gasteiger partial charge in [0.25, 0.3) is 5.56 Å². The van der Waals surface area contributed by atoms with Crippen LogP contribution in [0.4, 0.5) is 0 Å². The lowest BCUT2D eigenvalue weighted by molar-refractivity contribution is -0.141. The lowest BCUT2D eigenvalue weighted by Gasteiger charge is -2.56. The average Bonchev–Trinajstić information content (AvgIpc) is 2.77. The molecule has 0 spiro atoms. The molecule has 3 aromatic rings. The summed E-state index contributed by atoms with van der Waals surface area (Å²) in [5.74, 6) is 2.89. The van der Waals surface area contributed by atoms with Crippen LogP contribution in [0.5, 0.6) is 0 Å². The van der Waals surface area contributed by atoms with E-state index in [0.717, 1.165) is 37.0 Å². The average molecular weight is 465 g/mol. The zero-order valence-corrected chi connectivity index (χ0v) is 19.4. The van der Waals surface area contributed by atoms with Gasteiger partial charge in [0.15, 0.2) is 5.16 Å². The van der Waals surface area contributed by atoms with E-state index in [1.807, 2.05) is 36.4 Å². The van der Waals surface area contributed by atoms with E-state index in [2.05, 4.69) is 0 Å². The van der Waals surface area contributed by atoms with Gasteiger partial charge >= 0.3 is 0 Å². The molecule has 0 unspecified atom stereocenters. The summed E-state index contributed by atoms with van der Waals surface area (Å²) in [7, 11) is 0. The van der Waals surface area contributed by atoms with E-state index in [4.69, 9.17) is 16.6 Å². The van der Waals surface area contributed by atoms with Crippen LogP contribution in [-0.4, -0.2) is 21.1 Å². The fraction of sp³-hybridized carbons (Fsp3) is 0.423. The first kappa shape index (κ1) is 20.5. The number of carbonyl (C=O) groups is 1. The third kappa shape index (κ3) is 3.32. The standard InChI is InChI=1S/C26H25ClN2O2S/c27-20-6-2-4-8-22(20)29-24(31)19-5-1-3-7-21(19)28-25(29)32-15-23(30)26-12-16-9-17(13-26)11-18(10-16)14-26/h1-8,16-18H,9-15H2. The maximum atomic E-state index is 13.6. The molecular weight excluding hydrogens is 440 g/mol. The summed E-state index contributed by atoms with van der Waals surface area (Å²) in [6.45, 7) is 0. The molecule has 1 heterocycles. The summed E-state index contributed by atoms with van der Waals surface area (Å²) >= 11 is 7.84. The van der Waals surface area contributed by atoms with E-state index in [-0.39, 0.29) is 11.0 Å². The Balaban J connectivity index is 1.36. The maximum absolute atomic E-state index is 13.6. The summed E-state index contributed by atoms with van der Waals surface area (Å²) < 4.78 is 1.57. The number of para-hydroxylation sites is 2. The summed E-state index contributed by atoms with van der Waals surface area (Å²) in [6, 6.07) is 14.6. The summed E-state index contributed by atoms with van der Waals surface area (Å²) in [4.78, 5) is 31.8. The third-order valence-corrected chi connectivity index (χ3v) is 9.06. The molecule has 0 radical (unpaired) electrons. The van der Waals surface area contributed by atoms with Crippen LogP contribution in [0.25, 0.3) is 16.6 Å². The van der Waals surface area contributed by atoms with Gasteiger partial charge in [0, 0.05) is 5.41 Å². The van der Waals surface area contributed by atoms with Crippen LogP contribution in [0, 0.1) is 23.2 Å². The van der Waals surface area contributed by atoms with Crippen molar-refractivity contribution in [1.82, 2.24) is 9.55 Å². The lowest BCUT2D eigenvalue weighted by atomic mass is 9.48. The van der Waals surface area contributed by atoms with Crippen LogP contribution in [-0.2, 0) is 4.79 Å². The Kier molecular flexibility index (Phi) is 4.96. The molecule has 4 bridgehead atoms. The fourth-order valence-corrected chi connectivity index (χ4v) is 8.05. The highest BCUT2D eigenvalue weighted by Crippen LogP contribution is 2.60. The van der Waals surface area contributed by atoms with Gasteiger partial charge in [0.2, 0.25) is 0 Å². The van der Waals surface area contributed by atoms with Crippen molar-refractivity contribution in [3.8, 4) is 5.69 Å². The number of fused-ring (bicyclic) bond motifs is 1. The molecular formula is C26H25ClN2O2S. The number of thioether (sulfide) groups is 1. The topological polar surface area (TPSA) is 52.0 Å². The quantitative estimate of drug-likeness (QED) is 0.347. The van der Waals surface area contributed by atoms with Crippen LogP contribution in [0.2, 0.25) is 5.02 Å². The SMILES string of the molecule is O=C(CSc1nc2ccccc2c(=O)n1-c1ccccc1Cl)C12CC3CC(CC(C3)C1)C2. The molecule has 6 heteroatoms. The Hall–Kier alpha value is -2.11. The van der Waals surface area contributed by atoms with Crippen LogP contribution >= 0.6 is 23.4 Å². The van der Waals surface area contributed by atoms with Gasteiger partial charge < -0.3 is 0 Å². The van der Waals surface area contributed by atoms with Crippen molar-refractivity contribution in [2.75, 3.05) is 5.75 Å². The number of nitrogens with zero attached hydrogens (tertiary/aromatic N) is 2. The summed E-state index contributed by atoms with van der Waals surface area (Å²) in [6.07, 6.45) is 7.12. The van der Waals surface area contributed by atoms with E-state index in [9.17, 15) is 9.59 Å². The largest absolute Gasteiger partial charge is 0.298 e. The van der Waals surface area contributed by atoms with Crippen LogP contribution < -0.4 is 5.56 Å². The van der Waals surface area contributed by atoms with Gasteiger partial charge in [-0.1, -0.05) is 47.6 Å². The highest BCUT2D eigenvalue weighted by molar-refractivity contribution is 7.99. The van der Waals surface area contributed by atoms with Gasteiger partial charge in [-0.2, -0.15) is 0 Å². The zero-order chi connectivity index (χ0) is 21.9. The monoisotopic (exact) mass is 464 g/mol. The van der Waals surface area contributed by atoms with Crippen LogP contribution in [0.1, 0.15) is 38.5 Å². The predicted molar refractivity (Wildman–Crippen MR) is 129 cm³/mol.